The molecule has 0 N–H and O–H groups in total. The maximum absolute atomic E-state index is 13.7. The van der Waals surface area contributed by atoms with E-state index in [-0.39, 0.29) is 23.1 Å². The molecule has 0 fully saturated rings. The largest absolute Gasteiger partial charge is 0.457 e. The number of rotatable bonds is 4. The summed E-state index contributed by atoms with van der Waals surface area (Å²) in [7, 11) is 0. The molecule has 0 aliphatic rings. The summed E-state index contributed by atoms with van der Waals surface area (Å²) in [6.07, 6.45) is 1.38. The second-order valence-electron chi connectivity index (χ2n) is 4.87. The van der Waals surface area contributed by atoms with Crippen LogP contribution in [0.4, 0.5) is 4.39 Å². The molecule has 2 aromatic rings. The Morgan fingerprint density at radius 1 is 1.29 bits per heavy atom. The van der Waals surface area contributed by atoms with Crippen LogP contribution in [0.1, 0.15) is 19.6 Å². The van der Waals surface area contributed by atoms with E-state index in [9.17, 15) is 9.18 Å². The Labute approximate surface area is 122 Å². The number of Topliss-reactive ketones (excluding diaryl/α,β-unsaturated/α-hetero) is 1. The van der Waals surface area contributed by atoms with Crippen LogP contribution in [-0.2, 0) is 4.79 Å². The molecule has 0 saturated heterocycles. The van der Waals surface area contributed by atoms with E-state index in [0.717, 1.165) is 0 Å². The average Bonchev–Trinajstić information content (AvgIpc) is 2.92. The van der Waals surface area contributed by atoms with Crippen molar-refractivity contribution in [3.63, 3.8) is 0 Å². The maximum Gasteiger partial charge on any atom is 0.176 e. The lowest BCUT2D eigenvalue weighted by Crippen LogP contribution is -2.08. The van der Waals surface area contributed by atoms with Gasteiger partial charge in [0.15, 0.2) is 5.78 Å². The van der Waals surface area contributed by atoms with Crippen LogP contribution in [-0.4, -0.2) is 5.78 Å². The van der Waals surface area contributed by atoms with Crippen LogP contribution in [0.2, 0.25) is 0 Å². The Morgan fingerprint density at radius 2 is 2.00 bits per heavy atom. The van der Waals surface area contributed by atoms with Crippen molar-refractivity contribution < 1.29 is 13.6 Å². The highest BCUT2D eigenvalue weighted by molar-refractivity contribution is 6.04. The van der Waals surface area contributed by atoms with Gasteiger partial charge in [0.05, 0.1) is 11.1 Å². The predicted octanol–water partition coefficient (Wildman–Crippen LogP) is 4.22. The fraction of sp³-hybridized carbons (Fsp3) is 0.176. The summed E-state index contributed by atoms with van der Waals surface area (Å²) in [6, 6.07) is 11.3. The highest BCUT2D eigenvalue weighted by Gasteiger charge is 2.15. The number of halogens is 1. The smallest absolute Gasteiger partial charge is 0.176 e. The van der Waals surface area contributed by atoms with E-state index >= 15 is 0 Å². The normalized spacial score (nSPS) is 11.5. The van der Waals surface area contributed by atoms with Crippen molar-refractivity contribution in [3.05, 3.63) is 53.5 Å². The fourth-order valence-electron chi connectivity index (χ4n) is 1.85. The van der Waals surface area contributed by atoms with E-state index in [1.165, 1.54) is 12.1 Å². The number of benzene rings is 1. The topological polar surface area (TPSA) is 54.0 Å². The molecule has 0 amide bonds. The highest BCUT2D eigenvalue weighted by atomic mass is 19.1. The van der Waals surface area contributed by atoms with Gasteiger partial charge in [0, 0.05) is 12.0 Å². The van der Waals surface area contributed by atoms with Gasteiger partial charge in [-0.3, -0.25) is 4.79 Å². The predicted molar refractivity (Wildman–Crippen MR) is 77.5 cm³/mol. The van der Waals surface area contributed by atoms with Gasteiger partial charge < -0.3 is 4.42 Å². The first-order valence-corrected chi connectivity index (χ1v) is 6.53. The zero-order valence-electron chi connectivity index (χ0n) is 11.8. The van der Waals surface area contributed by atoms with E-state index in [0.29, 0.717) is 17.1 Å². The lowest BCUT2D eigenvalue weighted by Gasteiger charge is -2.01. The van der Waals surface area contributed by atoms with Gasteiger partial charge in [-0.1, -0.05) is 26.0 Å². The summed E-state index contributed by atoms with van der Waals surface area (Å²) in [5, 5.41) is 9.03. The van der Waals surface area contributed by atoms with Crippen LogP contribution in [0.25, 0.3) is 17.4 Å². The number of furan rings is 1. The molecular weight excluding hydrogens is 269 g/mol. The van der Waals surface area contributed by atoms with E-state index in [4.69, 9.17) is 9.68 Å². The van der Waals surface area contributed by atoms with Gasteiger partial charge in [0.1, 0.15) is 23.4 Å². The quantitative estimate of drug-likeness (QED) is 0.623. The molecule has 1 aromatic heterocycles. The third-order valence-electron chi connectivity index (χ3n) is 2.96. The molecule has 2 rings (SSSR count). The molecule has 1 heterocycles. The highest BCUT2D eigenvalue weighted by Crippen LogP contribution is 2.26. The molecule has 0 radical (unpaired) electrons. The first-order chi connectivity index (χ1) is 10.0. The first kappa shape index (κ1) is 14.7. The Balaban J connectivity index is 2.35. The van der Waals surface area contributed by atoms with Crippen LogP contribution in [0, 0.1) is 23.1 Å². The minimum atomic E-state index is -0.388. The van der Waals surface area contributed by atoms with Crippen molar-refractivity contribution >= 4 is 11.9 Å². The Kier molecular flexibility index (Phi) is 4.34. The van der Waals surface area contributed by atoms with Crippen LogP contribution in [0.15, 0.2) is 46.4 Å². The number of nitrogens with zero attached hydrogens (tertiary/aromatic N) is 1. The molecule has 21 heavy (non-hydrogen) atoms. The van der Waals surface area contributed by atoms with Crippen molar-refractivity contribution in [2.45, 2.75) is 13.8 Å². The maximum atomic E-state index is 13.7. The summed E-state index contributed by atoms with van der Waals surface area (Å²) in [5.74, 6) is -0.202. The molecule has 0 unspecified atom stereocenters. The lowest BCUT2D eigenvalue weighted by atomic mass is 10.0. The molecule has 0 atom stereocenters. The SMILES string of the molecule is CC(C)C(=O)/C(C#N)=C\c1ccc(-c2ccccc2F)o1. The number of allylic oxidation sites excluding steroid dienone is 1. The van der Waals surface area contributed by atoms with Gasteiger partial charge in [0.2, 0.25) is 0 Å². The summed E-state index contributed by atoms with van der Waals surface area (Å²) >= 11 is 0. The summed E-state index contributed by atoms with van der Waals surface area (Å²) in [4.78, 5) is 11.8. The number of carbonyl (C=O) groups is 1. The fourth-order valence-corrected chi connectivity index (χ4v) is 1.85. The third kappa shape index (κ3) is 3.26. The van der Waals surface area contributed by atoms with Crippen molar-refractivity contribution in [2.75, 3.05) is 0 Å². The third-order valence-corrected chi connectivity index (χ3v) is 2.96. The van der Waals surface area contributed by atoms with Crippen LogP contribution < -0.4 is 0 Å². The van der Waals surface area contributed by atoms with Gasteiger partial charge in [-0.15, -0.1) is 0 Å². The average molecular weight is 283 g/mol. The summed E-state index contributed by atoms with van der Waals surface area (Å²) in [5.41, 5.74) is 0.366. The van der Waals surface area contributed by atoms with Gasteiger partial charge in [-0.05, 0) is 24.3 Å². The van der Waals surface area contributed by atoms with Gasteiger partial charge in [-0.25, -0.2) is 4.39 Å². The number of hydrogen-bond acceptors (Lipinski definition) is 3. The molecule has 0 aliphatic carbocycles. The van der Waals surface area contributed by atoms with E-state index in [2.05, 4.69) is 0 Å². The van der Waals surface area contributed by atoms with Crippen molar-refractivity contribution in [3.8, 4) is 17.4 Å². The number of carbonyl (C=O) groups excluding carboxylic acids is 1. The monoisotopic (exact) mass is 283 g/mol. The standard InChI is InChI=1S/C17H14FNO2/c1-11(2)17(20)12(10-19)9-13-7-8-16(21-13)14-5-3-4-6-15(14)18/h3-9,11H,1-2H3/b12-9-. The zero-order valence-corrected chi connectivity index (χ0v) is 11.8. The van der Waals surface area contributed by atoms with Gasteiger partial charge in [-0.2, -0.15) is 5.26 Å². The van der Waals surface area contributed by atoms with Gasteiger partial charge in [0.25, 0.3) is 0 Å². The zero-order chi connectivity index (χ0) is 15.4. The second-order valence-corrected chi connectivity index (χ2v) is 4.87. The van der Waals surface area contributed by atoms with E-state index in [1.807, 2.05) is 6.07 Å². The van der Waals surface area contributed by atoms with Crippen molar-refractivity contribution in [2.24, 2.45) is 5.92 Å². The molecular formula is C17H14FNO2. The lowest BCUT2D eigenvalue weighted by molar-refractivity contribution is -0.117. The first-order valence-electron chi connectivity index (χ1n) is 6.53. The summed E-state index contributed by atoms with van der Waals surface area (Å²) < 4.78 is 19.2. The Hall–Kier alpha value is -2.67. The molecule has 0 aliphatic heterocycles. The molecule has 0 bridgehead atoms. The van der Waals surface area contributed by atoms with Crippen LogP contribution >= 0.6 is 0 Å². The Bertz CT molecular complexity index is 735. The Morgan fingerprint density at radius 3 is 2.62 bits per heavy atom. The van der Waals surface area contributed by atoms with Gasteiger partial charge >= 0.3 is 0 Å². The molecule has 3 nitrogen and oxygen atoms in total. The van der Waals surface area contributed by atoms with E-state index in [1.54, 1.807) is 44.2 Å². The number of ketones is 1. The van der Waals surface area contributed by atoms with E-state index < -0.39 is 0 Å². The molecule has 4 heteroatoms. The minimum Gasteiger partial charge on any atom is -0.457 e. The van der Waals surface area contributed by atoms with Crippen LogP contribution in [0.5, 0.6) is 0 Å². The molecule has 0 spiro atoms. The number of hydrogen-bond donors (Lipinski definition) is 0. The van der Waals surface area contributed by atoms with Crippen molar-refractivity contribution in [1.82, 2.24) is 0 Å². The molecule has 1 aromatic carbocycles. The number of nitriles is 1. The molecule has 106 valence electrons. The van der Waals surface area contributed by atoms with Crippen LogP contribution in [0.3, 0.4) is 0 Å². The second kappa shape index (κ2) is 6.19. The minimum absolute atomic E-state index is 0.0273. The van der Waals surface area contributed by atoms with Crippen molar-refractivity contribution in [1.29, 1.82) is 5.26 Å². The molecule has 0 saturated carbocycles. The summed E-state index contributed by atoms with van der Waals surface area (Å²) in [6.45, 7) is 3.45.